The second-order valence-electron chi connectivity index (χ2n) is 8.08. The predicted octanol–water partition coefficient (Wildman–Crippen LogP) is 2.11. The van der Waals surface area contributed by atoms with E-state index in [-0.39, 0.29) is 6.61 Å². The molecule has 0 aromatic heterocycles. The molecule has 2 heterocycles. The standard InChI is InChI=1S/C25H26O10/c1-25(24(28)30-3)34-18-17(14-31-21(26)15-10-6-4-7-11-15)32-23(29-2)20(19(18)35-25)33-22(27)16-12-8-5-9-13-16/h4-13,17-20,23H,14H2,1-3H3/t17-,18+,19+,20-,23+,25+/m1/s1. The molecule has 10 heteroatoms. The smallest absolute Gasteiger partial charge is 0.366 e. The van der Waals surface area contributed by atoms with E-state index in [9.17, 15) is 14.4 Å². The molecule has 0 unspecified atom stereocenters. The molecule has 2 aromatic carbocycles. The number of fused-ring (bicyclic) bond motifs is 1. The lowest BCUT2D eigenvalue weighted by molar-refractivity contribution is -0.273. The quantitative estimate of drug-likeness (QED) is 0.426. The van der Waals surface area contributed by atoms with Crippen molar-refractivity contribution in [3.63, 3.8) is 0 Å². The summed E-state index contributed by atoms with van der Waals surface area (Å²) in [5.74, 6) is -3.78. The van der Waals surface area contributed by atoms with Crippen molar-refractivity contribution in [1.82, 2.24) is 0 Å². The fourth-order valence-electron chi connectivity index (χ4n) is 4.01. The largest absolute Gasteiger partial charge is 0.465 e. The van der Waals surface area contributed by atoms with E-state index in [1.165, 1.54) is 21.1 Å². The van der Waals surface area contributed by atoms with E-state index in [4.69, 9.17) is 33.2 Å². The van der Waals surface area contributed by atoms with Gasteiger partial charge in [-0.1, -0.05) is 36.4 Å². The molecule has 35 heavy (non-hydrogen) atoms. The average Bonchev–Trinajstić information content (AvgIpc) is 3.27. The molecule has 2 aliphatic rings. The van der Waals surface area contributed by atoms with Gasteiger partial charge in [0.25, 0.3) is 5.79 Å². The van der Waals surface area contributed by atoms with Crippen LogP contribution >= 0.6 is 0 Å². The molecule has 0 radical (unpaired) electrons. The average molecular weight is 486 g/mol. The molecule has 2 aliphatic heterocycles. The van der Waals surface area contributed by atoms with Crippen molar-refractivity contribution >= 4 is 17.9 Å². The van der Waals surface area contributed by atoms with Gasteiger partial charge >= 0.3 is 17.9 Å². The first kappa shape index (κ1) is 24.8. The lowest BCUT2D eigenvalue weighted by Crippen LogP contribution is -2.59. The van der Waals surface area contributed by atoms with E-state index in [2.05, 4.69) is 0 Å². The highest BCUT2D eigenvalue weighted by Crippen LogP contribution is 2.40. The van der Waals surface area contributed by atoms with Gasteiger partial charge in [-0.2, -0.15) is 0 Å². The minimum Gasteiger partial charge on any atom is -0.465 e. The van der Waals surface area contributed by atoms with Crippen molar-refractivity contribution in [2.24, 2.45) is 0 Å². The zero-order chi connectivity index (χ0) is 25.0. The number of rotatable bonds is 7. The maximum absolute atomic E-state index is 12.8. The Morgan fingerprint density at radius 3 is 2.00 bits per heavy atom. The Morgan fingerprint density at radius 1 is 0.857 bits per heavy atom. The monoisotopic (exact) mass is 486 g/mol. The molecule has 2 aromatic rings. The van der Waals surface area contributed by atoms with Crippen molar-refractivity contribution in [1.29, 1.82) is 0 Å². The van der Waals surface area contributed by atoms with Gasteiger partial charge in [-0.05, 0) is 24.3 Å². The molecule has 186 valence electrons. The second kappa shape index (κ2) is 10.5. The highest BCUT2D eigenvalue weighted by Gasteiger charge is 2.61. The third kappa shape index (κ3) is 5.20. The maximum atomic E-state index is 12.8. The first-order valence-electron chi connectivity index (χ1n) is 11.0. The number of esters is 3. The number of methoxy groups -OCH3 is 2. The first-order chi connectivity index (χ1) is 16.9. The van der Waals surface area contributed by atoms with Gasteiger partial charge in [0.1, 0.15) is 24.9 Å². The molecular weight excluding hydrogens is 460 g/mol. The second-order valence-corrected chi connectivity index (χ2v) is 8.08. The van der Waals surface area contributed by atoms with Crippen LogP contribution < -0.4 is 0 Å². The molecule has 0 spiro atoms. The Labute approximate surface area is 202 Å². The summed E-state index contributed by atoms with van der Waals surface area (Å²) < 4.78 is 39.2. The summed E-state index contributed by atoms with van der Waals surface area (Å²) >= 11 is 0. The zero-order valence-electron chi connectivity index (χ0n) is 19.4. The molecule has 0 amide bonds. The zero-order valence-corrected chi connectivity index (χ0v) is 19.4. The van der Waals surface area contributed by atoms with Crippen molar-refractivity contribution in [3.05, 3.63) is 71.8 Å². The van der Waals surface area contributed by atoms with Gasteiger partial charge < -0.3 is 33.2 Å². The van der Waals surface area contributed by atoms with Gasteiger partial charge in [-0.25, -0.2) is 14.4 Å². The third-order valence-electron chi connectivity index (χ3n) is 5.74. The van der Waals surface area contributed by atoms with Crippen LogP contribution in [-0.4, -0.2) is 75.2 Å². The van der Waals surface area contributed by atoms with Crippen LogP contribution in [0.4, 0.5) is 0 Å². The van der Waals surface area contributed by atoms with Gasteiger partial charge in [0.15, 0.2) is 12.4 Å². The SMILES string of the molecule is COC(=O)[C@]1(C)O[C@H]2[C@@H](O1)[C@@H](COC(=O)c1ccccc1)O[C@H](OC)[C@@H]2OC(=O)c1ccccc1. The Balaban J connectivity index is 1.56. The Hall–Kier alpha value is -3.31. The van der Waals surface area contributed by atoms with Gasteiger partial charge in [-0.15, -0.1) is 0 Å². The minimum absolute atomic E-state index is 0.227. The van der Waals surface area contributed by atoms with E-state index >= 15 is 0 Å². The summed E-state index contributed by atoms with van der Waals surface area (Å²) in [5, 5.41) is 0. The van der Waals surface area contributed by atoms with Crippen LogP contribution in [0, 0.1) is 0 Å². The molecule has 2 saturated heterocycles. The van der Waals surface area contributed by atoms with Crippen molar-refractivity contribution < 1.29 is 47.5 Å². The van der Waals surface area contributed by atoms with Gasteiger partial charge in [0, 0.05) is 14.0 Å². The minimum atomic E-state index is -1.80. The van der Waals surface area contributed by atoms with Crippen molar-refractivity contribution in [2.75, 3.05) is 20.8 Å². The van der Waals surface area contributed by atoms with Gasteiger partial charge in [0.2, 0.25) is 0 Å². The highest BCUT2D eigenvalue weighted by molar-refractivity contribution is 5.90. The Bertz CT molecular complexity index is 1040. The number of carbonyl (C=O) groups is 3. The molecule has 10 nitrogen and oxygen atoms in total. The van der Waals surface area contributed by atoms with Crippen LogP contribution in [0.1, 0.15) is 27.6 Å². The number of hydrogen-bond donors (Lipinski definition) is 0. The molecule has 4 rings (SSSR count). The maximum Gasteiger partial charge on any atom is 0.366 e. The first-order valence-corrected chi connectivity index (χ1v) is 11.0. The molecule has 2 fully saturated rings. The molecule has 0 aliphatic carbocycles. The van der Waals surface area contributed by atoms with Crippen molar-refractivity contribution in [2.45, 2.75) is 43.4 Å². The summed E-state index contributed by atoms with van der Waals surface area (Å²) in [6.07, 6.45) is -5.00. The van der Waals surface area contributed by atoms with E-state index < -0.39 is 54.4 Å². The van der Waals surface area contributed by atoms with Crippen LogP contribution in [0.5, 0.6) is 0 Å². The van der Waals surface area contributed by atoms with Crippen LogP contribution in [-0.2, 0) is 38.0 Å². The Morgan fingerprint density at radius 2 is 1.43 bits per heavy atom. The van der Waals surface area contributed by atoms with E-state index in [0.717, 1.165) is 0 Å². The van der Waals surface area contributed by atoms with Gasteiger partial charge in [-0.3, -0.25) is 0 Å². The number of carbonyl (C=O) groups excluding carboxylic acids is 3. The lowest BCUT2D eigenvalue weighted by atomic mass is 9.99. The number of ether oxygens (including phenoxy) is 7. The fourth-order valence-corrected chi connectivity index (χ4v) is 4.01. The summed E-state index contributed by atoms with van der Waals surface area (Å²) in [7, 11) is 2.57. The fraction of sp³-hybridized carbons (Fsp3) is 0.400. The van der Waals surface area contributed by atoms with Crippen molar-refractivity contribution in [3.8, 4) is 0 Å². The molecule has 6 atom stereocenters. The van der Waals surface area contributed by atoms with Crippen LogP contribution in [0.3, 0.4) is 0 Å². The van der Waals surface area contributed by atoms with E-state index in [1.54, 1.807) is 60.7 Å². The molecular formula is C25H26O10. The summed E-state index contributed by atoms with van der Waals surface area (Å²) in [6, 6.07) is 16.8. The van der Waals surface area contributed by atoms with E-state index in [1.807, 2.05) is 0 Å². The molecule has 0 N–H and O–H groups in total. The van der Waals surface area contributed by atoms with E-state index in [0.29, 0.717) is 11.1 Å². The van der Waals surface area contributed by atoms with Crippen LogP contribution in [0.15, 0.2) is 60.7 Å². The lowest BCUT2D eigenvalue weighted by Gasteiger charge is -2.40. The summed E-state index contributed by atoms with van der Waals surface area (Å²) in [6.45, 7) is 1.16. The number of hydrogen-bond acceptors (Lipinski definition) is 10. The summed E-state index contributed by atoms with van der Waals surface area (Å²) in [5.41, 5.74) is 0.674. The molecule has 0 saturated carbocycles. The normalized spacial score (nSPS) is 29.6. The Kier molecular flexibility index (Phi) is 7.46. The summed E-state index contributed by atoms with van der Waals surface area (Å²) in [4.78, 5) is 37.6. The number of benzene rings is 2. The molecule has 0 bridgehead atoms. The van der Waals surface area contributed by atoms with Gasteiger partial charge in [0.05, 0.1) is 18.2 Å². The topological polar surface area (TPSA) is 116 Å². The van der Waals surface area contributed by atoms with Crippen LogP contribution in [0.25, 0.3) is 0 Å². The third-order valence-corrected chi connectivity index (χ3v) is 5.74. The predicted molar refractivity (Wildman–Crippen MR) is 118 cm³/mol. The highest BCUT2D eigenvalue weighted by atomic mass is 16.8. The van der Waals surface area contributed by atoms with Crippen LogP contribution in [0.2, 0.25) is 0 Å².